The number of aliphatic hydroxyl groups is 2. The van der Waals surface area contributed by atoms with Crippen molar-refractivity contribution in [2.75, 3.05) is 0 Å². The molecule has 70 valence electrons. The van der Waals surface area contributed by atoms with Crippen LogP contribution in [0.2, 0.25) is 0 Å². The minimum atomic E-state index is -1.74. The molecule has 0 spiro atoms. The van der Waals surface area contributed by atoms with Gasteiger partial charge < -0.3 is 15.3 Å². The SMILES string of the molecule is Cc1ccc(C(=O)O)c(C(O)O)c1. The van der Waals surface area contributed by atoms with E-state index in [0.29, 0.717) is 0 Å². The van der Waals surface area contributed by atoms with Crippen molar-refractivity contribution in [1.82, 2.24) is 0 Å². The van der Waals surface area contributed by atoms with Crippen molar-refractivity contribution >= 4 is 5.97 Å². The predicted octanol–water partition coefficient (Wildman–Crippen LogP) is 0.676. The maximum absolute atomic E-state index is 10.6. The van der Waals surface area contributed by atoms with Crippen LogP contribution in [0.3, 0.4) is 0 Å². The highest BCUT2D eigenvalue weighted by Gasteiger charge is 2.14. The molecule has 13 heavy (non-hydrogen) atoms. The Labute approximate surface area is 75.1 Å². The van der Waals surface area contributed by atoms with Crippen LogP contribution < -0.4 is 0 Å². The topological polar surface area (TPSA) is 77.8 Å². The minimum absolute atomic E-state index is 0.0208. The molecule has 0 aliphatic heterocycles. The van der Waals surface area contributed by atoms with Crippen LogP contribution in [-0.4, -0.2) is 21.3 Å². The molecule has 0 aliphatic carbocycles. The second-order valence-electron chi connectivity index (χ2n) is 2.77. The zero-order valence-electron chi connectivity index (χ0n) is 7.06. The summed E-state index contributed by atoms with van der Waals surface area (Å²) in [6, 6.07) is 4.40. The number of hydrogen-bond donors (Lipinski definition) is 3. The van der Waals surface area contributed by atoms with Gasteiger partial charge in [0, 0.05) is 5.56 Å². The van der Waals surface area contributed by atoms with Gasteiger partial charge in [0.15, 0.2) is 6.29 Å². The van der Waals surface area contributed by atoms with Crippen LogP contribution in [0.5, 0.6) is 0 Å². The Balaban J connectivity index is 3.26. The lowest BCUT2D eigenvalue weighted by molar-refractivity contribution is -0.0433. The van der Waals surface area contributed by atoms with Gasteiger partial charge in [-0.3, -0.25) is 0 Å². The molecule has 0 bridgehead atoms. The third-order valence-electron chi connectivity index (χ3n) is 1.72. The van der Waals surface area contributed by atoms with Gasteiger partial charge in [0.25, 0.3) is 0 Å². The van der Waals surface area contributed by atoms with Crippen molar-refractivity contribution in [2.45, 2.75) is 13.2 Å². The van der Waals surface area contributed by atoms with Gasteiger partial charge in [-0.05, 0) is 13.0 Å². The van der Waals surface area contributed by atoms with E-state index in [1.165, 1.54) is 12.1 Å². The Kier molecular flexibility index (Phi) is 2.65. The van der Waals surface area contributed by atoms with E-state index < -0.39 is 12.3 Å². The van der Waals surface area contributed by atoms with Crippen molar-refractivity contribution < 1.29 is 20.1 Å². The molecule has 0 radical (unpaired) electrons. The third kappa shape index (κ3) is 2.05. The number of benzene rings is 1. The quantitative estimate of drug-likeness (QED) is 0.587. The molecule has 4 nitrogen and oxygen atoms in total. The van der Waals surface area contributed by atoms with E-state index in [-0.39, 0.29) is 11.1 Å². The molecule has 4 heteroatoms. The molecule has 1 aromatic rings. The van der Waals surface area contributed by atoms with Crippen molar-refractivity contribution in [3.63, 3.8) is 0 Å². The van der Waals surface area contributed by atoms with Crippen molar-refractivity contribution in [3.05, 3.63) is 34.9 Å². The van der Waals surface area contributed by atoms with Gasteiger partial charge in [-0.2, -0.15) is 0 Å². The summed E-state index contributed by atoms with van der Waals surface area (Å²) >= 11 is 0. The van der Waals surface area contributed by atoms with E-state index in [0.717, 1.165) is 5.56 Å². The summed E-state index contributed by atoms with van der Waals surface area (Å²) in [5.41, 5.74) is 0.723. The van der Waals surface area contributed by atoms with Crippen molar-refractivity contribution in [3.8, 4) is 0 Å². The molecular weight excluding hydrogens is 172 g/mol. The summed E-state index contributed by atoms with van der Waals surface area (Å²) in [7, 11) is 0. The van der Waals surface area contributed by atoms with E-state index in [9.17, 15) is 4.79 Å². The average molecular weight is 182 g/mol. The largest absolute Gasteiger partial charge is 0.478 e. The smallest absolute Gasteiger partial charge is 0.336 e. The van der Waals surface area contributed by atoms with E-state index in [2.05, 4.69) is 0 Å². The third-order valence-corrected chi connectivity index (χ3v) is 1.72. The number of carboxylic acid groups (broad SMARTS) is 1. The molecule has 0 heterocycles. The highest BCUT2D eigenvalue weighted by Crippen LogP contribution is 2.17. The first-order valence-corrected chi connectivity index (χ1v) is 3.72. The molecule has 0 aliphatic rings. The van der Waals surface area contributed by atoms with Crippen LogP contribution in [0.25, 0.3) is 0 Å². The maximum atomic E-state index is 10.6. The summed E-state index contributed by atoms with van der Waals surface area (Å²) in [4.78, 5) is 10.6. The molecule has 0 saturated heterocycles. The van der Waals surface area contributed by atoms with Gasteiger partial charge in [-0.25, -0.2) is 4.79 Å². The van der Waals surface area contributed by atoms with Gasteiger partial charge in [-0.15, -0.1) is 0 Å². The summed E-state index contributed by atoms with van der Waals surface area (Å²) in [6.45, 7) is 1.75. The van der Waals surface area contributed by atoms with Crippen molar-refractivity contribution in [1.29, 1.82) is 0 Å². The summed E-state index contributed by atoms with van der Waals surface area (Å²) < 4.78 is 0. The number of aliphatic hydroxyl groups excluding tert-OH is 1. The molecule has 1 rings (SSSR count). The first kappa shape index (κ1) is 9.70. The predicted molar refractivity (Wildman–Crippen MR) is 45.3 cm³/mol. The fourth-order valence-electron chi connectivity index (χ4n) is 1.09. The number of aromatic carboxylic acids is 1. The second-order valence-corrected chi connectivity index (χ2v) is 2.77. The Morgan fingerprint density at radius 3 is 2.46 bits per heavy atom. The summed E-state index contributed by atoms with van der Waals surface area (Å²) in [5, 5.41) is 26.4. The zero-order chi connectivity index (χ0) is 10.0. The van der Waals surface area contributed by atoms with Crippen LogP contribution in [0, 0.1) is 6.92 Å². The van der Waals surface area contributed by atoms with Crippen LogP contribution in [0.1, 0.15) is 27.8 Å². The number of aryl methyl sites for hydroxylation is 1. The Hall–Kier alpha value is -1.39. The number of carboxylic acids is 1. The molecule has 0 atom stereocenters. The van der Waals surface area contributed by atoms with Gasteiger partial charge in [-0.1, -0.05) is 17.7 Å². The highest BCUT2D eigenvalue weighted by molar-refractivity contribution is 5.89. The van der Waals surface area contributed by atoms with Crippen LogP contribution in [-0.2, 0) is 0 Å². The maximum Gasteiger partial charge on any atom is 0.336 e. The lowest BCUT2D eigenvalue weighted by atomic mass is 10.0. The summed E-state index contributed by atoms with van der Waals surface area (Å²) in [6.07, 6.45) is -1.74. The van der Waals surface area contributed by atoms with Gasteiger partial charge in [0.1, 0.15) is 0 Å². The molecule has 0 amide bonds. The molecule has 0 aromatic heterocycles. The van der Waals surface area contributed by atoms with E-state index in [1.807, 2.05) is 0 Å². The Morgan fingerprint density at radius 1 is 1.38 bits per heavy atom. The van der Waals surface area contributed by atoms with Crippen LogP contribution in [0.15, 0.2) is 18.2 Å². The van der Waals surface area contributed by atoms with E-state index in [1.54, 1.807) is 13.0 Å². The van der Waals surface area contributed by atoms with E-state index >= 15 is 0 Å². The summed E-state index contributed by atoms with van der Waals surface area (Å²) in [5.74, 6) is -1.16. The van der Waals surface area contributed by atoms with Crippen LogP contribution in [0.4, 0.5) is 0 Å². The van der Waals surface area contributed by atoms with Gasteiger partial charge in [0.2, 0.25) is 0 Å². The molecular formula is C9H10O4. The molecule has 3 N–H and O–H groups in total. The number of hydrogen-bond acceptors (Lipinski definition) is 3. The first-order valence-electron chi connectivity index (χ1n) is 3.72. The minimum Gasteiger partial charge on any atom is -0.478 e. The second kappa shape index (κ2) is 3.55. The molecule has 0 unspecified atom stereocenters. The van der Waals surface area contributed by atoms with E-state index in [4.69, 9.17) is 15.3 Å². The molecule has 1 aromatic carbocycles. The van der Waals surface area contributed by atoms with Gasteiger partial charge >= 0.3 is 5.97 Å². The lowest BCUT2D eigenvalue weighted by Crippen LogP contribution is -2.06. The number of rotatable bonds is 2. The fourth-order valence-corrected chi connectivity index (χ4v) is 1.09. The number of carbonyl (C=O) groups is 1. The average Bonchev–Trinajstić information content (AvgIpc) is 2.03. The highest BCUT2D eigenvalue weighted by atomic mass is 16.5. The normalized spacial score (nSPS) is 10.5. The fraction of sp³-hybridized carbons (Fsp3) is 0.222. The van der Waals surface area contributed by atoms with Crippen LogP contribution >= 0.6 is 0 Å². The lowest BCUT2D eigenvalue weighted by Gasteiger charge is -2.08. The Bertz CT molecular complexity index is 330. The van der Waals surface area contributed by atoms with Gasteiger partial charge in [0.05, 0.1) is 5.56 Å². The molecule has 0 fully saturated rings. The Morgan fingerprint density at radius 2 is 2.00 bits per heavy atom. The first-order chi connectivity index (χ1) is 6.02. The van der Waals surface area contributed by atoms with Crippen molar-refractivity contribution in [2.24, 2.45) is 0 Å². The monoisotopic (exact) mass is 182 g/mol. The zero-order valence-corrected chi connectivity index (χ0v) is 7.06. The molecule has 0 saturated carbocycles. The standard InChI is InChI=1S/C9H10O4/c1-5-2-3-6(8(10)11)7(4-5)9(12)13/h2-4,9,12-13H,1H3,(H,10,11).